The Balaban J connectivity index is 1.93. The highest BCUT2D eigenvalue weighted by atomic mass is 32.2. The molecule has 2 aromatic rings. The molecule has 1 aliphatic heterocycles. The first-order valence-electron chi connectivity index (χ1n) is 6.92. The Morgan fingerprint density at radius 1 is 1.18 bits per heavy atom. The van der Waals surface area contributed by atoms with Crippen LogP contribution in [0.5, 0.6) is 0 Å². The molecule has 1 aliphatic rings. The maximum atomic E-state index is 11.6. The van der Waals surface area contributed by atoms with Crippen LogP contribution in [-0.2, 0) is 11.4 Å². The summed E-state index contributed by atoms with van der Waals surface area (Å²) in [5.74, 6) is -0.417. The summed E-state index contributed by atoms with van der Waals surface area (Å²) >= 11 is 1.57. The van der Waals surface area contributed by atoms with Crippen molar-refractivity contribution in [1.29, 1.82) is 0 Å². The number of aliphatic hydroxyl groups is 1. The van der Waals surface area contributed by atoms with Crippen LogP contribution < -0.4 is 9.79 Å². The van der Waals surface area contributed by atoms with Crippen molar-refractivity contribution in [2.45, 2.75) is 24.0 Å². The molecule has 2 aromatic carbocycles. The minimum absolute atomic E-state index is 0.00396. The van der Waals surface area contributed by atoms with E-state index in [1.807, 2.05) is 48.5 Å². The van der Waals surface area contributed by atoms with Crippen LogP contribution in [0.4, 0.5) is 5.69 Å². The Labute approximate surface area is 132 Å². The number of carbonyl (C=O) groups excluding carboxylic acids is 1. The van der Waals surface area contributed by atoms with Gasteiger partial charge in [0.2, 0.25) is 5.91 Å². The summed E-state index contributed by atoms with van der Waals surface area (Å²) in [4.78, 5) is 12.7. The van der Waals surface area contributed by atoms with Gasteiger partial charge in [-0.15, -0.1) is 0 Å². The van der Waals surface area contributed by atoms with E-state index in [1.165, 1.54) is 0 Å². The number of hydrogen-bond donors (Lipinski definition) is 3. The molecule has 22 heavy (non-hydrogen) atoms. The van der Waals surface area contributed by atoms with Crippen molar-refractivity contribution in [2.75, 3.05) is 4.31 Å². The van der Waals surface area contributed by atoms with Crippen LogP contribution in [0, 0.1) is 0 Å². The van der Waals surface area contributed by atoms with E-state index in [2.05, 4.69) is 4.31 Å². The monoisotopic (exact) mass is 316 g/mol. The first-order chi connectivity index (χ1) is 10.7. The molecule has 114 valence electrons. The summed E-state index contributed by atoms with van der Waals surface area (Å²) in [6, 6.07) is 15.4. The number of hydrogen-bond acceptors (Lipinski definition) is 5. The Bertz CT molecular complexity index is 675. The zero-order chi connectivity index (χ0) is 15.5. The number of anilines is 1. The van der Waals surface area contributed by atoms with E-state index in [0.29, 0.717) is 0 Å². The molecule has 6 heteroatoms. The van der Waals surface area contributed by atoms with Crippen molar-refractivity contribution < 1.29 is 15.1 Å². The minimum atomic E-state index is -0.417. The molecular formula is C16H16N2O3S. The smallest absolute Gasteiger partial charge is 0.245 e. The first kappa shape index (κ1) is 14.9. The lowest BCUT2D eigenvalue weighted by Gasteiger charge is -2.25. The lowest BCUT2D eigenvalue weighted by molar-refractivity contribution is -0.129. The molecular weight excluding hydrogens is 300 g/mol. The van der Waals surface area contributed by atoms with Gasteiger partial charge in [-0.1, -0.05) is 30.3 Å². The highest BCUT2D eigenvalue weighted by Gasteiger charge is 2.33. The predicted octanol–water partition coefficient (Wildman–Crippen LogP) is 2.64. The highest BCUT2D eigenvalue weighted by Crippen LogP contribution is 2.48. The van der Waals surface area contributed by atoms with Crippen molar-refractivity contribution in [2.24, 2.45) is 0 Å². The van der Waals surface area contributed by atoms with Crippen LogP contribution in [0.1, 0.15) is 23.6 Å². The Morgan fingerprint density at radius 2 is 1.91 bits per heavy atom. The summed E-state index contributed by atoms with van der Waals surface area (Å²) in [6.45, 7) is 0.00396. The normalized spacial score (nSPS) is 16.5. The van der Waals surface area contributed by atoms with Gasteiger partial charge in [0.1, 0.15) is 0 Å². The van der Waals surface area contributed by atoms with Gasteiger partial charge in [-0.25, -0.2) is 5.48 Å². The summed E-state index contributed by atoms with van der Waals surface area (Å²) in [6.07, 6.45) is 0.169. The summed E-state index contributed by atoms with van der Waals surface area (Å²) in [5, 5.41) is 18.0. The number of aliphatic hydroxyl groups excluding tert-OH is 1. The molecule has 0 radical (unpaired) electrons. The number of hydroxylamine groups is 1. The van der Waals surface area contributed by atoms with Gasteiger partial charge < -0.3 is 9.41 Å². The molecule has 1 atom stereocenters. The second-order valence-electron chi connectivity index (χ2n) is 5.03. The van der Waals surface area contributed by atoms with Crippen LogP contribution in [0.2, 0.25) is 0 Å². The molecule has 1 amide bonds. The fraction of sp³-hybridized carbons (Fsp3) is 0.188. The molecule has 0 spiro atoms. The van der Waals surface area contributed by atoms with Gasteiger partial charge in [-0.3, -0.25) is 10.0 Å². The SMILES string of the molecule is O=C(CC1c2ccccc2SN1c1ccc(CO)cc1)NO. The Hall–Kier alpha value is -2.02. The van der Waals surface area contributed by atoms with E-state index in [9.17, 15) is 4.79 Å². The van der Waals surface area contributed by atoms with Crippen molar-refractivity contribution in [3.63, 3.8) is 0 Å². The maximum Gasteiger partial charge on any atom is 0.245 e. The average Bonchev–Trinajstić information content (AvgIpc) is 2.93. The van der Waals surface area contributed by atoms with E-state index in [4.69, 9.17) is 10.3 Å². The number of fused-ring (bicyclic) bond motifs is 1. The third-order valence-corrected chi connectivity index (χ3v) is 4.87. The van der Waals surface area contributed by atoms with Crippen LogP contribution in [0.15, 0.2) is 53.4 Å². The molecule has 3 rings (SSSR count). The molecule has 0 bridgehead atoms. The second-order valence-corrected chi connectivity index (χ2v) is 6.05. The Kier molecular flexibility index (Phi) is 4.33. The lowest BCUT2D eigenvalue weighted by Crippen LogP contribution is -2.26. The van der Waals surface area contributed by atoms with E-state index >= 15 is 0 Å². The van der Waals surface area contributed by atoms with Crippen molar-refractivity contribution in [3.05, 3.63) is 59.7 Å². The van der Waals surface area contributed by atoms with E-state index in [1.54, 1.807) is 17.4 Å². The van der Waals surface area contributed by atoms with Crippen LogP contribution >= 0.6 is 11.9 Å². The van der Waals surface area contributed by atoms with Crippen LogP contribution in [-0.4, -0.2) is 16.2 Å². The van der Waals surface area contributed by atoms with E-state index in [0.717, 1.165) is 21.7 Å². The van der Waals surface area contributed by atoms with Crippen molar-refractivity contribution in [1.82, 2.24) is 5.48 Å². The molecule has 0 saturated heterocycles. The predicted molar refractivity (Wildman–Crippen MR) is 84.4 cm³/mol. The topological polar surface area (TPSA) is 72.8 Å². The van der Waals surface area contributed by atoms with Gasteiger partial charge in [-0.2, -0.15) is 0 Å². The zero-order valence-corrected chi connectivity index (χ0v) is 12.6. The van der Waals surface area contributed by atoms with Crippen molar-refractivity contribution >= 4 is 23.5 Å². The number of nitrogens with zero attached hydrogens (tertiary/aromatic N) is 1. The largest absolute Gasteiger partial charge is 0.392 e. The first-order valence-corrected chi connectivity index (χ1v) is 7.69. The van der Waals surface area contributed by atoms with Crippen LogP contribution in [0.25, 0.3) is 0 Å². The average molecular weight is 316 g/mol. The van der Waals surface area contributed by atoms with Gasteiger partial charge in [0, 0.05) is 10.6 Å². The maximum absolute atomic E-state index is 11.6. The standard InChI is InChI=1S/C16H16N2O3S/c19-10-11-5-7-12(8-6-11)18-14(9-16(20)17-21)13-3-1-2-4-15(13)22-18/h1-8,14,19,21H,9-10H2,(H,17,20). The fourth-order valence-electron chi connectivity index (χ4n) is 2.53. The second kappa shape index (κ2) is 6.39. The van der Waals surface area contributed by atoms with Crippen LogP contribution in [0.3, 0.4) is 0 Å². The third-order valence-electron chi connectivity index (χ3n) is 3.63. The third kappa shape index (κ3) is 2.81. The molecule has 1 heterocycles. The van der Waals surface area contributed by atoms with Crippen molar-refractivity contribution in [3.8, 4) is 0 Å². The molecule has 0 aliphatic carbocycles. The lowest BCUT2D eigenvalue weighted by atomic mass is 10.0. The van der Waals surface area contributed by atoms with Gasteiger partial charge in [0.25, 0.3) is 0 Å². The number of carbonyl (C=O) groups is 1. The molecule has 0 fully saturated rings. The molecule has 0 saturated carbocycles. The fourth-order valence-corrected chi connectivity index (χ4v) is 3.73. The van der Waals surface area contributed by atoms with Gasteiger partial charge in [-0.05, 0) is 41.3 Å². The zero-order valence-electron chi connectivity index (χ0n) is 11.8. The summed E-state index contributed by atoms with van der Waals surface area (Å²) in [7, 11) is 0. The van der Waals surface area contributed by atoms with Gasteiger partial charge >= 0.3 is 0 Å². The number of benzene rings is 2. The van der Waals surface area contributed by atoms with Gasteiger partial charge in [0.05, 0.1) is 19.1 Å². The molecule has 0 aromatic heterocycles. The number of rotatable bonds is 4. The molecule has 1 unspecified atom stereocenters. The highest BCUT2D eigenvalue weighted by molar-refractivity contribution is 8.01. The minimum Gasteiger partial charge on any atom is -0.392 e. The molecule has 3 N–H and O–H groups in total. The molecule has 5 nitrogen and oxygen atoms in total. The summed E-state index contributed by atoms with van der Waals surface area (Å²) < 4.78 is 2.06. The van der Waals surface area contributed by atoms with E-state index < -0.39 is 5.91 Å². The number of amides is 1. The van der Waals surface area contributed by atoms with Gasteiger partial charge in [0.15, 0.2) is 0 Å². The number of nitrogens with one attached hydrogen (secondary N) is 1. The quantitative estimate of drug-likeness (QED) is 0.459. The summed E-state index contributed by atoms with van der Waals surface area (Å²) in [5.41, 5.74) is 4.57. The van der Waals surface area contributed by atoms with E-state index in [-0.39, 0.29) is 19.1 Å². The Morgan fingerprint density at radius 3 is 2.59 bits per heavy atom.